The number of thiazole rings is 1. The molecule has 0 saturated carbocycles. The maximum absolute atomic E-state index is 5.97. The Morgan fingerprint density at radius 1 is 1.29 bits per heavy atom. The van der Waals surface area contributed by atoms with Crippen molar-refractivity contribution >= 4 is 28.6 Å². The Hall–Kier alpha value is -1.13. The molecule has 1 atom stereocenters. The predicted octanol–water partition coefficient (Wildman–Crippen LogP) is 5.28. The summed E-state index contributed by atoms with van der Waals surface area (Å²) < 4.78 is 0. The Morgan fingerprint density at radius 3 is 2.48 bits per heavy atom. The summed E-state index contributed by atoms with van der Waals surface area (Å²) >= 11 is 7.75. The molecule has 0 fully saturated rings. The summed E-state index contributed by atoms with van der Waals surface area (Å²) in [5.41, 5.74) is 3.15. The zero-order valence-corrected chi connectivity index (χ0v) is 15.0. The summed E-state index contributed by atoms with van der Waals surface area (Å²) in [6.07, 6.45) is 1.77. The van der Waals surface area contributed by atoms with E-state index in [2.05, 4.69) is 44.9 Å². The third-order valence-corrected chi connectivity index (χ3v) is 5.43. The SMILES string of the molecule is Cc1cc(NC(C)c2sc(C(C)(C)C)nc2C)cnc1Cl. The molecule has 1 unspecified atom stereocenters. The summed E-state index contributed by atoms with van der Waals surface area (Å²) in [7, 11) is 0. The van der Waals surface area contributed by atoms with Crippen LogP contribution in [0.3, 0.4) is 0 Å². The number of nitrogens with one attached hydrogen (secondary N) is 1. The minimum Gasteiger partial charge on any atom is -0.376 e. The molecule has 0 bridgehead atoms. The quantitative estimate of drug-likeness (QED) is 0.781. The van der Waals surface area contributed by atoms with Crippen LogP contribution in [0, 0.1) is 13.8 Å². The zero-order chi connectivity index (χ0) is 15.8. The monoisotopic (exact) mass is 323 g/mol. The fourth-order valence-electron chi connectivity index (χ4n) is 2.08. The van der Waals surface area contributed by atoms with Crippen molar-refractivity contribution in [3.05, 3.63) is 38.6 Å². The maximum Gasteiger partial charge on any atom is 0.132 e. The van der Waals surface area contributed by atoms with E-state index in [0.29, 0.717) is 5.15 Å². The second-order valence-corrected chi connectivity index (χ2v) is 7.81. The second kappa shape index (κ2) is 5.93. The Morgan fingerprint density at radius 2 is 1.95 bits per heavy atom. The summed E-state index contributed by atoms with van der Waals surface area (Å²) in [5, 5.41) is 5.21. The van der Waals surface area contributed by atoms with Gasteiger partial charge in [-0.25, -0.2) is 9.97 Å². The zero-order valence-electron chi connectivity index (χ0n) is 13.4. The van der Waals surface area contributed by atoms with Crippen LogP contribution >= 0.6 is 22.9 Å². The van der Waals surface area contributed by atoms with Crippen LogP contribution in [0.2, 0.25) is 5.15 Å². The molecule has 0 aliphatic rings. The molecule has 2 aromatic rings. The highest BCUT2D eigenvalue weighted by Gasteiger charge is 2.22. The standard InChI is InChI=1S/C16H22ClN3S/c1-9-7-12(8-18-14(9)17)19-10(2)13-11(3)20-15(21-13)16(4,5)6/h7-8,10,19H,1-6H3. The van der Waals surface area contributed by atoms with E-state index in [1.807, 2.05) is 13.0 Å². The first-order valence-electron chi connectivity index (χ1n) is 7.05. The van der Waals surface area contributed by atoms with Crippen LogP contribution in [0.25, 0.3) is 0 Å². The Labute approximate surface area is 135 Å². The largest absolute Gasteiger partial charge is 0.376 e. The van der Waals surface area contributed by atoms with Crippen LogP contribution in [-0.4, -0.2) is 9.97 Å². The average Bonchev–Trinajstić information content (AvgIpc) is 2.76. The summed E-state index contributed by atoms with van der Waals surface area (Å²) in [6.45, 7) is 12.8. The molecular formula is C16H22ClN3S. The van der Waals surface area contributed by atoms with Crippen LogP contribution in [0.5, 0.6) is 0 Å². The van der Waals surface area contributed by atoms with Crippen LogP contribution in [0.1, 0.15) is 54.9 Å². The molecule has 5 heteroatoms. The fourth-order valence-corrected chi connectivity index (χ4v) is 3.31. The highest BCUT2D eigenvalue weighted by atomic mass is 35.5. The van der Waals surface area contributed by atoms with E-state index in [1.165, 1.54) is 9.88 Å². The molecule has 3 nitrogen and oxygen atoms in total. The van der Waals surface area contributed by atoms with Gasteiger partial charge in [0.15, 0.2) is 0 Å². The third-order valence-electron chi connectivity index (χ3n) is 3.26. The highest BCUT2D eigenvalue weighted by Crippen LogP contribution is 2.33. The normalized spacial score (nSPS) is 13.3. The van der Waals surface area contributed by atoms with Gasteiger partial charge in [-0.05, 0) is 32.4 Å². The van der Waals surface area contributed by atoms with Crippen molar-refractivity contribution < 1.29 is 0 Å². The van der Waals surface area contributed by atoms with E-state index in [9.17, 15) is 0 Å². The van der Waals surface area contributed by atoms with Crippen molar-refractivity contribution in [2.45, 2.75) is 53.0 Å². The topological polar surface area (TPSA) is 37.8 Å². The maximum atomic E-state index is 5.97. The number of rotatable bonds is 3. The lowest BCUT2D eigenvalue weighted by Crippen LogP contribution is -2.10. The van der Waals surface area contributed by atoms with Crippen molar-refractivity contribution in [3.8, 4) is 0 Å². The van der Waals surface area contributed by atoms with Gasteiger partial charge in [-0.3, -0.25) is 0 Å². The van der Waals surface area contributed by atoms with Gasteiger partial charge in [0.25, 0.3) is 0 Å². The van der Waals surface area contributed by atoms with Crippen molar-refractivity contribution in [2.24, 2.45) is 0 Å². The van der Waals surface area contributed by atoms with Crippen molar-refractivity contribution in [2.75, 3.05) is 5.32 Å². The molecule has 2 heterocycles. The van der Waals surface area contributed by atoms with E-state index in [4.69, 9.17) is 16.6 Å². The summed E-state index contributed by atoms with van der Waals surface area (Å²) in [5.74, 6) is 0. The molecule has 0 spiro atoms. The molecular weight excluding hydrogens is 302 g/mol. The predicted molar refractivity (Wildman–Crippen MR) is 91.6 cm³/mol. The van der Waals surface area contributed by atoms with Crippen LogP contribution in [-0.2, 0) is 5.41 Å². The second-order valence-electron chi connectivity index (χ2n) is 6.42. The lowest BCUT2D eigenvalue weighted by molar-refractivity contribution is 0.584. The van der Waals surface area contributed by atoms with E-state index in [-0.39, 0.29) is 11.5 Å². The van der Waals surface area contributed by atoms with Gasteiger partial charge in [-0.2, -0.15) is 0 Å². The van der Waals surface area contributed by atoms with Crippen LogP contribution < -0.4 is 5.32 Å². The molecule has 21 heavy (non-hydrogen) atoms. The molecule has 0 amide bonds. The number of halogens is 1. The van der Waals surface area contributed by atoms with Gasteiger partial charge in [0, 0.05) is 10.3 Å². The number of aryl methyl sites for hydroxylation is 2. The number of aromatic nitrogens is 2. The molecule has 0 radical (unpaired) electrons. The van der Waals surface area contributed by atoms with Gasteiger partial charge in [0.1, 0.15) is 5.15 Å². The molecule has 0 saturated heterocycles. The van der Waals surface area contributed by atoms with E-state index in [1.54, 1.807) is 17.5 Å². The Balaban J connectivity index is 2.22. The smallest absolute Gasteiger partial charge is 0.132 e. The van der Waals surface area contributed by atoms with Gasteiger partial charge >= 0.3 is 0 Å². The third kappa shape index (κ3) is 3.74. The lowest BCUT2D eigenvalue weighted by atomic mass is 9.98. The number of hydrogen-bond donors (Lipinski definition) is 1. The number of anilines is 1. The average molecular weight is 324 g/mol. The van der Waals surface area contributed by atoms with Crippen LogP contribution in [0.4, 0.5) is 5.69 Å². The fraction of sp³-hybridized carbons (Fsp3) is 0.500. The van der Waals surface area contributed by atoms with Crippen LogP contribution in [0.15, 0.2) is 12.3 Å². The first-order chi connectivity index (χ1) is 9.68. The minimum absolute atomic E-state index is 0.0891. The van der Waals surface area contributed by atoms with Gasteiger partial charge in [0.05, 0.1) is 28.6 Å². The molecule has 1 N–H and O–H groups in total. The number of hydrogen-bond acceptors (Lipinski definition) is 4. The molecule has 0 aliphatic carbocycles. The minimum atomic E-state index is 0.0891. The van der Waals surface area contributed by atoms with Gasteiger partial charge in [-0.15, -0.1) is 11.3 Å². The van der Waals surface area contributed by atoms with E-state index < -0.39 is 0 Å². The highest BCUT2D eigenvalue weighted by molar-refractivity contribution is 7.12. The van der Waals surface area contributed by atoms with Crippen molar-refractivity contribution in [3.63, 3.8) is 0 Å². The lowest BCUT2D eigenvalue weighted by Gasteiger charge is -2.15. The molecule has 114 valence electrons. The Bertz CT molecular complexity index is 643. The molecule has 2 rings (SSSR count). The number of nitrogens with zero attached hydrogens (tertiary/aromatic N) is 2. The van der Waals surface area contributed by atoms with Gasteiger partial charge < -0.3 is 5.32 Å². The number of pyridine rings is 1. The van der Waals surface area contributed by atoms with Crippen molar-refractivity contribution in [1.29, 1.82) is 0 Å². The molecule has 0 aromatic carbocycles. The van der Waals surface area contributed by atoms with E-state index >= 15 is 0 Å². The first-order valence-corrected chi connectivity index (χ1v) is 8.24. The molecule has 2 aromatic heterocycles. The van der Waals surface area contributed by atoms with Gasteiger partial charge in [0.2, 0.25) is 0 Å². The first kappa shape index (κ1) is 16.2. The molecule has 0 aliphatic heterocycles. The van der Waals surface area contributed by atoms with Gasteiger partial charge in [-0.1, -0.05) is 32.4 Å². The van der Waals surface area contributed by atoms with Crippen molar-refractivity contribution in [1.82, 2.24) is 9.97 Å². The summed E-state index contributed by atoms with van der Waals surface area (Å²) in [4.78, 5) is 10.2. The Kier molecular flexibility index (Phi) is 4.59. The summed E-state index contributed by atoms with van der Waals surface area (Å²) in [6, 6.07) is 2.22. The van der Waals surface area contributed by atoms with E-state index in [0.717, 1.165) is 16.9 Å².